The molecule has 0 spiro atoms. The molecule has 0 aliphatic carbocycles. The number of aromatic nitrogens is 2. The molecule has 26 heavy (non-hydrogen) atoms. The first-order valence-electron chi connectivity index (χ1n) is 6.93. The van der Waals surface area contributed by atoms with E-state index in [1.807, 2.05) is 0 Å². The first-order chi connectivity index (χ1) is 12.0. The van der Waals surface area contributed by atoms with Gasteiger partial charge in [-0.15, -0.1) is 0 Å². The number of aryl methyl sites for hydroxylation is 1. The average molecular weight is 387 g/mol. The second-order valence-electron chi connectivity index (χ2n) is 5.12. The standard InChI is InChI=1S/C14H12F7N3O2/c1-6-4-7(2-3-9(6)22)5-8-10(14(19,20)21)24(26-13(17)18)23-11(8)25-12(15)16/h2-4,12-13H,5,22H2,1H3. The molecule has 0 radical (unpaired) electrons. The lowest BCUT2D eigenvalue weighted by atomic mass is 10.0. The van der Waals surface area contributed by atoms with E-state index in [0.717, 1.165) is 0 Å². The molecule has 0 saturated carbocycles. The Bertz CT molecular complexity index is 775. The Kier molecular flexibility index (Phi) is 5.52. The summed E-state index contributed by atoms with van der Waals surface area (Å²) in [6.07, 6.45) is -5.80. The van der Waals surface area contributed by atoms with Gasteiger partial charge in [0.1, 0.15) is 0 Å². The van der Waals surface area contributed by atoms with Crippen LogP contribution in [0.25, 0.3) is 0 Å². The van der Waals surface area contributed by atoms with Crippen molar-refractivity contribution in [3.8, 4) is 5.88 Å². The van der Waals surface area contributed by atoms with Gasteiger partial charge in [0, 0.05) is 12.1 Å². The molecule has 2 aromatic rings. The number of nitrogens with two attached hydrogens (primary N) is 1. The van der Waals surface area contributed by atoms with E-state index >= 15 is 0 Å². The van der Waals surface area contributed by atoms with Crippen LogP contribution in [0.15, 0.2) is 18.2 Å². The molecule has 2 N–H and O–H groups in total. The second-order valence-corrected chi connectivity index (χ2v) is 5.12. The molecule has 12 heteroatoms. The lowest BCUT2D eigenvalue weighted by molar-refractivity contribution is -0.184. The highest BCUT2D eigenvalue weighted by atomic mass is 19.4. The van der Waals surface area contributed by atoms with E-state index in [0.29, 0.717) is 11.3 Å². The number of nitrogens with zero attached hydrogens (tertiary/aromatic N) is 2. The molecular weight excluding hydrogens is 375 g/mol. The third kappa shape index (κ3) is 4.49. The average Bonchev–Trinajstić information content (AvgIpc) is 2.78. The molecule has 0 saturated heterocycles. The zero-order chi connectivity index (χ0) is 19.6. The molecule has 0 atom stereocenters. The number of hydrogen-bond donors (Lipinski definition) is 1. The Balaban J connectivity index is 2.58. The van der Waals surface area contributed by atoms with Crippen molar-refractivity contribution in [1.82, 2.24) is 9.94 Å². The quantitative estimate of drug-likeness (QED) is 0.607. The summed E-state index contributed by atoms with van der Waals surface area (Å²) in [4.78, 5) is 3.11. The van der Waals surface area contributed by atoms with Crippen LogP contribution in [0.1, 0.15) is 22.4 Å². The number of alkyl halides is 7. The molecule has 1 aromatic heterocycles. The number of ether oxygens (including phenoxy) is 1. The molecule has 0 fully saturated rings. The number of rotatable bonds is 6. The van der Waals surface area contributed by atoms with Gasteiger partial charge in [-0.2, -0.15) is 30.7 Å². The molecular formula is C14H12F7N3O2. The minimum atomic E-state index is -5.22. The van der Waals surface area contributed by atoms with Crippen molar-refractivity contribution in [3.63, 3.8) is 0 Å². The number of nitrogen functional groups attached to an aromatic ring is 1. The van der Waals surface area contributed by atoms with Crippen LogP contribution in [0.2, 0.25) is 0 Å². The maximum atomic E-state index is 13.3. The number of halogens is 7. The summed E-state index contributed by atoms with van der Waals surface area (Å²) in [6, 6.07) is 4.19. The van der Waals surface area contributed by atoms with Crippen LogP contribution in [0.4, 0.5) is 36.4 Å². The molecule has 0 aliphatic rings. The van der Waals surface area contributed by atoms with Crippen molar-refractivity contribution < 1.29 is 40.3 Å². The van der Waals surface area contributed by atoms with E-state index in [4.69, 9.17) is 5.73 Å². The third-order valence-electron chi connectivity index (χ3n) is 3.28. The van der Waals surface area contributed by atoms with Crippen LogP contribution in [-0.4, -0.2) is 23.2 Å². The van der Waals surface area contributed by atoms with Gasteiger partial charge < -0.3 is 15.3 Å². The lowest BCUT2D eigenvalue weighted by Crippen LogP contribution is -2.25. The van der Waals surface area contributed by atoms with E-state index in [1.165, 1.54) is 18.2 Å². The van der Waals surface area contributed by atoms with Crippen molar-refractivity contribution in [2.24, 2.45) is 0 Å². The van der Waals surface area contributed by atoms with E-state index < -0.39 is 47.8 Å². The Hall–Kier alpha value is -2.66. The Morgan fingerprint density at radius 3 is 2.31 bits per heavy atom. The summed E-state index contributed by atoms with van der Waals surface area (Å²) in [6.45, 7) is -5.59. The zero-order valence-corrected chi connectivity index (χ0v) is 13.0. The number of benzene rings is 1. The fourth-order valence-corrected chi connectivity index (χ4v) is 2.23. The summed E-state index contributed by atoms with van der Waals surface area (Å²) in [5, 5.41) is 2.96. The molecule has 0 aliphatic heterocycles. The summed E-state index contributed by atoms with van der Waals surface area (Å²) < 4.78 is 93.6. The molecule has 1 heterocycles. The SMILES string of the molecule is Cc1cc(Cc2c(OC(F)F)nn(OC(F)F)c2C(F)(F)F)ccc1N. The van der Waals surface area contributed by atoms with Crippen molar-refractivity contribution in [3.05, 3.63) is 40.6 Å². The van der Waals surface area contributed by atoms with Crippen molar-refractivity contribution in [2.45, 2.75) is 32.7 Å². The van der Waals surface area contributed by atoms with Crippen LogP contribution < -0.4 is 15.3 Å². The van der Waals surface area contributed by atoms with Crippen LogP contribution in [-0.2, 0) is 12.6 Å². The van der Waals surface area contributed by atoms with Gasteiger partial charge in [-0.05, 0) is 24.1 Å². The summed E-state index contributed by atoms with van der Waals surface area (Å²) >= 11 is 0. The zero-order valence-electron chi connectivity index (χ0n) is 13.0. The predicted octanol–water partition coefficient (Wildman–Crippen LogP) is 3.64. The highest BCUT2D eigenvalue weighted by Crippen LogP contribution is 2.38. The minimum absolute atomic E-state index is 0.248. The molecule has 1 aromatic carbocycles. The Labute approximate surface area is 142 Å². The molecule has 5 nitrogen and oxygen atoms in total. The van der Waals surface area contributed by atoms with Crippen LogP contribution in [0.5, 0.6) is 5.88 Å². The smallest absolute Gasteiger partial charge is 0.415 e. The van der Waals surface area contributed by atoms with Gasteiger partial charge in [0.15, 0.2) is 5.69 Å². The van der Waals surface area contributed by atoms with E-state index in [-0.39, 0.29) is 5.56 Å². The van der Waals surface area contributed by atoms with Crippen LogP contribution in [0.3, 0.4) is 0 Å². The van der Waals surface area contributed by atoms with E-state index in [2.05, 4.69) is 14.7 Å². The molecule has 0 unspecified atom stereocenters. The fourth-order valence-electron chi connectivity index (χ4n) is 2.23. The Morgan fingerprint density at radius 1 is 1.15 bits per heavy atom. The van der Waals surface area contributed by atoms with Crippen molar-refractivity contribution in [2.75, 3.05) is 5.73 Å². The first kappa shape index (κ1) is 19.7. The topological polar surface area (TPSA) is 62.3 Å². The van der Waals surface area contributed by atoms with Gasteiger partial charge in [0.2, 0.25) is 5.88 Å². The summed E-state index contributed by atoms with van der Waals surface area (Å²) in [5.74, 6) is -1.16. The summed E-state index contributed by atoms with van der Waals surface area (Å²) in [7, 11) is 0. The predicted molar refractivity (Wildman–Crippen MR) is 74.8 cm³/mol. The van der Waals surface area contributed by atoms with Gasteiger partial charge in [-0.1, -0.05) is 22.1 Å². The summed E-state index contributed by atoms with van der Waals surface area (Å²) in [5.41, 5.74) is 4.11. The molecule has 0 bridgehead atoms. The lowest BCUT2D eigenvalue weighted by Gasteiger charge is -2.12. The van der Waals surface area contributed by atoms with Gasteiger partial charge in [0.25, 0.3) is 0 Å². The van der Waals surface area contributed by atoms with Crippen molar-refractivity contribution in [1.29, 1.82) is 0 Å². The molecule has 144 valence electrons. The largest absolute Gasteiger partial charge is 0.437 e. The van der Waals surface area contributed by atoms with Crippen LogP contribution >= 0.6 is 0 Å². The highest BCUT2D eigenvalue weighted by molar-refractivity contribution is 5.49. The van der Waals surface area contributed by atoms with Crippen LogP contribution in [0, 0.1) is 6.92 Å². The number of hydrogen-bond acceptors (Lipinski definition) is 4. The molecule has 2 rings (SSSR count). The van der Waals surface area contributed by atoms with Gasteiger partial charge in [-0.3, -0.25) is 0 Å². The highest BCUT2D eigenvalue weighted by Gasteiger charge is 2.42. The normalized spacial score (nSPS) is 12.1. The maximum absolute atomic E-state index is 13.3. The maximum Gasteiger partial charge on any atom is 0.437 e. The molecule has 0 amide bonds. The number of anilines is 1. The minimum Gasteiger partial charge on any atom is -0.415 e. The van der Waals surface area contributed by atoms with Gasteiger partial charge >= 0.3 is 19.4 Å². The van der Waals surface area contributed by atoms with Gasteiger partial charge in [0.05, 0.1) is 5.56 Å². The Morgan fingerprint density at radius 2 is 1.81 bits per heavy atom. The van der Waals surface area contributed by atoms with Crippen molar-refractivity contribution >= 4 is 5.69 Å². The second kappa shape index (κ2) is 7.30. The fraction of sp³-hybridized carbons (Fsp3) is 0.357. The third-order valence-corrected chi connectivity index (χ3v) is 3.28. The van der Waals surface area contributed by atoms with E-state index in [9.17, 15) is 30.7 Å². The first-order valence-corrected chi connectivity index (χ1v) is 6.93. The monoisotopic (exact) mass is 387 g/mol. The van der Waals surface area contributed by atoms with E-state index in [1.54, 1.807) is 6.92 Å². The van der Waals surface area contributed by atoms with Gasteiger partial charge in [-0.25, -0.2) is 0 Å².